The van der Waals surface area contributed by atoms with Crippen molar-refractivity contribution >= 4 is 0 Å². The van der Waals surface area contributed by atoms with Crippen LogP contribution in [0.1, 0.15) is 51.6 Å². The van der Waals surface area contributed by atoms with Crippen LogP contribution in [0.15, 0.2) is 12.1 Å². The summed E-state index contributed by atoms with van der Waals surface area (Å²) in [5.74, 6) is 0. The number of aromatic nitrogens is 1. The van der Waals surface area contributed by atoms with Crippen molar-refractivity contribution < 1.29 is 0 Å². The van der Waals surface area contributed by atoms with Gasteiger partial charge in [-0.1, -0.05) is 34.6 Å². The molecular weight excluding hydrogens is 170 g/mol. The van der Waals surface area contributed by atoms with E-state index in [-0.39, 0.29) is 5.41 Å². The van der Waals surface area contributed by atoms with E-state index in [1.54, 1.807) is 0 Å². The van der Waals surface area contributed by atoms with Crippen LogP contribution in [0, 0.1) is 13.8 Å². The fourth-order valence-corrected chi connectivity index (χ4v) is 1.27. The average Bonchev–Trinajstić information content (AvgIpc) is 2.04. The molecule has 0 saturated carbocycles. The molecular formula is C13H23N. The Labute approximate surface area is 88.6 Å². The molecule has 0 N–H and O–H groups in total. The number of aryl methyl sites for hydroxylation is 2. The molecule has 1 heteroatoms. The molecule has 1 aromatic heterocycles. The molecule has 14 heavy (non-hydrogen) atoms. The summed E-state index contributed by atoms with van der Waals surface area (Å²) in [6.07, 6.45) is 0. The first-order valence-corrected chi connectivity index (χ1v) is 5.35. The van der Waals surface area contributed by atoms with Gasteiger partial charge in [0.2, 0.25) is 0 Å². The largest absolute Gasteiger partial charge is 0.258 e. The monoisotopic (exact) mass is 193 g/mol. The van der Waals surface area contributed by atoms with Crippen molar-refractivity contribution in [2.45, 2.75) is 53.9 Å². The molecule has 0 atom stereocenters. The Balaban J connectivity index is 0.000000791. The van der Waals surface area contributed by atoms with Crippen LogP contribution in [0.2, 0.25) is 0 Å². The summed E-state index contributed by atoms with van der Waals surface area (Å²) in [5.41, 5.74) is 3.82. The zero-order valence-corrected chi connectivity index (χ0v) is 10.6. The summed E-state index contributed by atoms with van der Waals surface area (Å²) in [7, 11) is 0. The van der Waals surface area contributed by atoms with Gasteiger partial charge in [0.15, 0.2) is 0 Å². The van der Waals surface area contributed by atoms with Crippen LogP contribution in [0.4, 0.5) is 0 Å². The minimum absolute atomic E-state index is 0.235. The third kappa shape index (κ3) is 3.91. The summed E-state index contributed by atoms with van der Waals surface area (Å²) in [4.78, 5) is 4.35. The van der Waals surface area contributed by atoms with E-state index in [1.165, 1.54) is 5.56 Å². The van der Waals surface area contributed by atoms with Gasteiger partial charge >= 0.3 is 0 Å². The fraction of sp³-hybridized carbons (Fsp3) is 0.615. The summed E-state index contributed by atoms with van der Waals surface area (Å²) in [6.45, 7) is 14.8. The quantitative estimate of drug-likeness (QED) is 0.606. The Morgan fingerprint density at radius 3 is 1.57 bits per heavy atom. The van der Waals surface area contributed by atoms with Crippen LogP contribution >= 0.6 is 0 Å². The maximum atomic E-state index is 4.35. The second-order valence-corrected chi connectivity index (χ2v) is 4.39. The van der Waals surface area contributed by atoms with Crippen LogP contribution in [0.5, 0.6) is 0 Å². The molecule has 1 nitrogen and oxygen atoms in total. The van der Waals surface area contributed by atoms with Gasteiger partial charge in [-0.05, 0) is 37.0 Å². The number of hydrogen-bond donors (Lipinski definition) is 0. The van der Waals surface area contributed by atoms with Crippen molar-refractivity contribution in [2.75, 3.05) is 0 Å². The minimum Gasteiger partial charge on any atom is -0.258 e. The van der Waals surface area contributed by atoms with Crippen molar-refractivity contribution in [3.05, 3.63) is 29.1 Å². The van der Waals surface area contributed by atoms with Gasteiger partial charge in [-0.25, -0.2) is 0 Å². The second-order valence-electron chi connectivity index (χ2n) is 4.39. The SMILES string of the molecule is CC.Cc1cc(C(C)(C)C)cc(C)n1. The molecule has 0 fully saturated rings. The van der Waals surface area contributed by atoms with E-state index < -0.39 is 0 Å². The van der Waals surface area contributed by atoms with Gasteiger partial charge in [0.25, 0.3) is 0 Å². The first-order valence-electron chi connectivity index (χ1n) is 5.35. The molecule has 0 amide bonds. The molecule has 0 aromatic carbocycles. The number of pyridine rings is 1. The molecule has 0 aliphatic heterocycles. The first-order chi connectivity index (χ1) is 6.39. The second kappa shape index (κ2) is 5.14. The molecule has 0 saturated heterocycles. The summed E-state index contributed by atoms with van der Waals surface area (Å²) in [5, 5.41) is 0. The highest BCUT2D eigenvalue weighted by atomic mass is 14.7. The van der Waals surface area contributed by atoms with Crippen LogP contribution in [-0.2, 0) is 5.41 Å². The van der Waals surface area contributed by atoms with E-state index in [4.69, 9.17) is 0 Å². The van der Waals surface area contributed by atoms with Crippen LogP contribution in [0.3, 0.4) is 0 Å². The highest BCUT2D eigenvalue weighted by Crippen LogP contribution is 2.22. The maximum Gasteiger partial charge on any atom is 0.0378 e. The molecule has 1 aromatic rings. The van der Waals surface area contributed by atoms with E-state index in [1.807, 2.05) is 27.7 Å². The summed E-state index contributed by atoms with van der Waals surface area (Å²) >= 11 is 0. The Hall–Kier alpha value is -0.850. The minimum atomic E-state index is 0.235. The van der Waals surface area contributed by atoms with Crippen molar-refractivity contribution in [3.63, 3.8) is 0 Å². The standard InChI is InChI=1S/C11H17N.C2H6/c1-8-6-10(11(3,4)5)7-9(2)12-8;1-2/h6-7H,1-5H3;1-2H3. The van der Waals surface area contributed by atoms with Crippen LogP contribution in [-0.4, -0.2) is 4.98 Å². The summed E-state index contributed by atoms with van der Waals surface area (Å²) < 4.78 is 0. The molecule has 0 spiro atoms. The van der Waals surface area contributed by atoms with E-state index in [2.05, 4.69) is 37.9 Å². The third-order valence-corrected chi connectivity index (χ3v) is 1.95. The molecule has 80 valence electrons. The van der Waals surface area contributed by atoms with Gasteiger partial charge in [-0.2, -0.15) is 0 Å². The van der Waals surface area contributed by atoms with E-state index >= 15 is 0 Å². The third-order valence-electron chi connectivity index (χ3n) is 1.95. The van der Waals surface area contributed by atoms with Crippen molar-refractivity contribution in [2.24, 2.45) is 0 Å². The Morgan fingerprint density at radius 2 is 1.29 bits per heavy atom. The lowest BCUT2D eigenvalue weighted by Gasteiger charge is -2.19. The summed E-state index contributed by atoms with van der Waals surface area (Å²) in [6, 6.07) is 4.32. The van der Waals surface area contributed by atoms with Gasteiger partial charge in [0.1, 0.15) is 0 Å². The van der Waals surface area contributed by atoms with Crippen LogP contribution in [0.25, 0.3) is 0 Å². The zero-order chi connectivity index (χ0) is 11.4. The van der Waals surface area contributed by atoms with E-state index in [0.29, 0.717) is 0 Å². The predicted molar refractivity (Wildman–Crippen MR) is 63.8 cm³/mol. The lowest BCUT2D eigenvalue weighted by molar-refractivity contribution is 0.587. The highest BCUT2D eigenvalue weighted by molar-refractivity contribution is 5.26. The van der Waals surface area contributed by atoms with Crippen molar-refractivity contribution in [1.29, 1.82) is 0 Å². The topological polar surface area (TPSA) is 12.9 Å². The number of hydrogen-bond acceptors (Lipinski definition) is 1. The molecule has 0 bridgehead atoms. The fourth-order valence-electron chi connectivity index (χ4n) is 1.27. The lowest BCUT2D eigenvalue weighted by Crippen LogP contribution is -2.12. The molecule has 1 heterocycles. The first kappa shape index (κ1) is 13.2. The normalized spacial score (nSPS) is 10.5. The van der Waals surface area contributed by atoms with Gasteiger partial charge in [0, 0.05) is 11.4 Å². The molecule has 0 unspecified atom stereocenters. The smallest absolute Gasteiger partial charge is 0.0378 e. The Bertz CT molecular complexity index is 262. The Morgan fingerprint density at radius 1 is 0.929 bits per heavy atom. The van der Waals surface area contributed by atoms with Crippen LogP contribution < -0.4 is 0 Å². The molecule has 0 aliphatic rings. The lowest BCUT2D eigenvalue weighted by atomic mass is 9.87. The molecule has 0 radical (unpaired) electrons. The highest BCUT2D eigenvalue weighted by Gasteiger charge is 2.13. The maximum absolute atomic E-state index is 4.35. The average molecular weight is 193 g/mol. The Kier molecular flexibility index (Phi) is 4.82. The molecule has 0 aliphatic carbocycles. The number of nitrogens with zero attached hydrogens (tertiary/aromatic N) is 1. The predicted octanol–water partition coefficient (Wildman–Crippen LogP) is 4.02. The van der Waals surface area contributed by atoms with E-state index in [0.717, 1.165) is 11.4 Å². The van der Waals surface area contributed by atoms with Crippen molar-refractivity contribution in [1.82, 2.24) is 4.98 Å². The zero-order valence-electron chi connectivity index (χ0n) is 10.6. The molecule has 1 rings (SSSR count). The van der Waals surface area contributed by atoms with Gasteiger partial charge in [-0.3, -0.25) is 4.98 Å². The van der Waals surface area contributed by atoms with Crippen molar-refractivity contribution in [3.8, 4) is 0 Å². The van der Waals surface area contributed by atoms with Gasteiger partial charge < -0.3 is 0 Å². The van der Waals surface area contributed by atoms with Gasteiger partial charge in [0.05, 0.1) is 0 Å². The number of rotatable bonds is 0. The van der Waals surface area contributed by atoms with E-state index in [9.17, 15) is 0 Å². The van der Waals surface area contributed by atoms with Gasteiger partial charge in [-0.15, -0.1) is 0 Å².